The first-order chi connectivity index (χ1) is 6.67. The van der Waals surface area contributed by atoms with Gasteiger partial charge in [-0.2, -0.15) is 0 Å². The summed E-state index contributed by atoms with van der Waals surface area (Å²) in [6.07, 6.45) is 11.1. The molecule has 4 heteroatoms. The van der Waals surface area contributed by atoms with Gasteiger partial charge in [-0.05, 0) is 12.2 Å². The monoisotopic (exact) mass is 192 g/mol. The van der Waals surface area contributed by atoms with Gasteiger partial charge in [-0.3, -0.25) is 4.90 Å². The van der Waals surface area contributed by atoms with Gasteiger partial charge in [0.2, 0.25) is 0 Å². The van der Waals surface area contributed by atoms with E-state index in [0.717, 1.165) is 0 Å². The van der Waals surface area contributed by atoms with Crippen molar-refractivity contribution in [2.75, 3.05) is 14.1 Å². The average Bonchev–Trinajstić information content (AvgIpc) is 2.38. The van der Waals surface area contributed by atoms with Crippen molar-refractivity contribution in [1.29, 1.82) is 0 Å². The van der Waals surface area contributed by atoms with E-state index in [2.05, 4.69) is 0 Å². The first-order valence-corrected chi connectivity index (χ1v) is 4.40. The number of hydroxylamine groups is 2. The molecule has 14 heavy (non-hydrogen) atoms. The molecule has 0 atom stereocenters. The second kappa shape index (κ2) is 2.99. The molecule has 2 aliphatic rings. The smallest absolute Gasteiger partial charge is 0.348 e. The molecule has 1 heterocycles. The van der Waals surface area contributed by atoms with Crippen molar-refractivity contribution >= 4 is 6.09 Å². The van der Waals surface area contributed by atoms with Crippen LogP contribution >= 0.6 is 0 Å². The van der Waals surface area contributed by atoms with Crippen LogP contribution in [-0.4, -0.2) is 35.8 Å². The lowest BCUT2D eigenvalue weighted by Gasteiger charge is -2.30. The Hall–Kier alpha value is -1.55. The average molecular weight is 192 g/mol. The van der Waals surface area contributed by atoms with Crippen molar-refractivity contribution in [3.8, 4) is 0 Å². The molecule has 0 radical (unpaired) electrons. The minimum Gasteiger partial charge on any atom is -0.348 e. The zero-order valence-electron chi connectivity index (χ0n) is 8.18. The highest BCUT2D eigenvalue weighted by Gasteiger charge is 2.46. The number of likely N-dealkylation sites (N-methyl/N-ethyl adjacent to an activating group) is 2. The van der Waals surface area contributed by atoms with E-state index in [1.807, 2.05) is 36.5 Å². The first kappa shape index (κ1) is 9.02. The Kier molecular flexibility index (Phi) is 1.93. The van der Waals surface area contributed by atoms with Crippen LogP contribution in [0.2, 0.25) is 0 Å². The summed E-state index contributed by atoms with van der Waals surface area (Å²) in [4.78, 5) is 17.9. The minimum absolute atomic E-state index is 0.344. The van der Waals surface area contributed by atoms with Crippen molar-refractivity contribution in [2.45, 2.75) is 5.66 Å². The highest BCUT2D eigenvalue weighted by molar-refractivity contribution is 5.71. The zero-order chi connectivity index (χ0) is 10.2. The van der Waals surface area contributed by atoms with E-state index in [0.29, 0.717) is 0 Å². The molecule has 0 bridgehead atoms. The van der Waals surface area contributed by atoms with Crippen LogP contribution in [0, 0.1) is 0 Å². The third kappa shape index (κ3) is 1.08. The number of allylic oxidation sites excluding steroid dienone is 4. The van der Waals surface area contributed by atoms with Crippen LogP contribution in [0.25, 0.3) is 0 Å². The van der Waals surface area contributed by atoms with Crippen LogP contribution < -0.4 is 0 Å². The van der Waals surface area contributed by atoms with Crippen LogP contribution in [0.4, 0.5) is 4.79 Å². The maximum absolute atomic E-state index is 11.3. The molecule has 1 aliphatic carbocycles. The summed E-state index contributed by atoms with van der Waals surface area (Å²) in [5.41, 5.74) is -0.583. The predicted molar refractivity (Wildman–Crippen MR) is 52.2 cm³/mol. The van der Waals surface area contributed by atoms with Gasteiger partial charge in [0.25, 0.3) is 0 Å². The van der Waals surface area contributed by atoms with Gasteiger partial charge >= 0.3 is 6.09 Å². The fourth-order valence-electron chi connectivity index (χ4n) is 1.62. The van der Waals surface area contributed by atoms with E-state index in [4.69, 9.17) is 4.84 Å². The Bertz CT molecular complexity index is 328. The Morgan fingerprint density at radius 1 is 1.14 bits per heavy atom. The van der Waals surface area contributed by atoms with Crippen molar-refractivity contribution < 1.29 is 9.63 Å². The van der Waals surface area contributed by atoms with E-state index in [1.54, 1.807) is 19.0 Å². The lowest BCUT2D eigenvalue weighted by Crippen LogP contribution is -2.47. The quantitative estimate of drug-likeness (QED) is 0.580. The molecule has 1 amide bonds. The molecule has 0 saturated carbocycles. The first-order valence-electron chi connectivity index (χ1n) is 4.40. The van der Waals surface area contributed by atoms with E-state index in [9.17, 15) is 4.79 Å². The van der Waals surface area contributed by atoms with Crippen LogP contribution in [0.3, 0.4) is 0 Å². The van der Waals surface area contributed by atoms with Crippen molar-refractivity contribution in [3.63, 3.8) is 0 Å². The Morgan fingerprint density at radius 2 is 1.71 bits per heavy atom. The molecule has 0 aromatic rings. The van der Waals surface area contributed by atoms with Crippen LogP contribution in [-0.2, 0) is 4.84 Å². The molecule has 0 aromatic heterocycles. The minimum atomic E-state index is -0.583. The van der Waals surface area contributed by atoms with Gasteiger partial charge in [0.05, 0.1) is 0 Å². The van der Waals surface area contributed by atoms with E-state index >= 15 is 0 Å². The van der Waals surface area contributed by atoms with Gasteiger partial charge in [-0.15, -0.1) is 5.06 Å². The molecule has 0 aromatic carbocycles. The van der Waals surface area contributed by atoms with Crippen molar-refractivity contribution in [1.82, 2.24) is 9.96 Å². The Labute approximate surface area is 82.7 Å². The second-order valence-electron chi connectivity index (χ2n) is 3.30. The third-order valence-electron chi connectivity index (χ3n) is 2.55. The van der Waals surface area contributed by atoms with Gasteiger partial charge in [-0.1, -0.05) is 24.3 Å². The Morgan fingerprint density at radius 3 is 2.14 bits per heavy atom. The van der Waals surface area contributed by atoms with E-state index < -0.39 is 5.66 Å². The molecular weight excluding hydrogens is 180 g/mol. The lowest BCUT2D eigenvalue weighted by atomic mass is 10.1. The summed E-state index contributed by atoms with van der Waals surface area (Å²) >= 11 is 0. The Balaban J connectivity index is 2.43. The zero-order valence-corrected chi connectivity index (χ0v) is 8.18. The third-order valence-corrected chi connectivity index (χ3v) is 2.55. The SMILES string of the molecule is CN1OC(=O)N(C)C12C=CC=CC=C2. The molecule has 2 rings (SSSR count). The fourth-order valence-corrected chi connectivity index (χ4v) is 1.62. The summed E-state index contributed by atoms with van der Waals surface area (Å²) in [5, 5.41) is 1.54. The number of nitrogens with zero attached hydrogens (tertiary/aromatic N) is 2. The van der Waals surface area contributed by atoms with Gasteiger partial charge in [0.1, 0.15) is 0 Å². The molecule has 0 unspecified atom stereocenters. The maximum atomic E-state index is 11.3. The standard InChI is InChI=1S/C10H12N2O2/c1-11-9(13)14-12(2)10(11)7-5-3-4-6-8-10/h3-8H,1-2H3. The highest BCUT2D eigenvalue weighted by Crippen LogP contribution is 2.30. The summed E-state index contributed by atoms with van der Waals surface area (Å²) in [7, 11) is 3.45. The summed E-state index contributed by atoms with van der Waals surface area (Å²) in [5.74, 6) is 0. The van der Waals surface area contributed by atoms with E-state index in [1.165, 1.54) is 5.06 Å². The van der Waals surface area contributed by atoms with Gasteiger partial charge in [0, 0.05) is 14.1 Å². The van der Waals surface area contributed by atoms with Gasteiger partial charge in [0.15, 0.2) is 5.66 Å². The molecular formula is C10H12N2O2. The number of hydrogen-bond donors (Lipinski definition) is 0. The van der Waals surface area contributed by atoms with Crippen molar-refractivity contribution in [2.24, 2.45) is 0 Å². The topological polar surface area (TPSA) is 32.8 Å². The number of hydrogen-bond acceptors (Lipinski definition) is 3. The largest absolute Gasteiger partial charge is 0.430 e. The maximum Gasteiger partial charge on any atom is 0.430 e. The number of carbonyl (C=O) groups is 1. The lowest BCUT2D eigenvalue weighted by molar-refractivity contribution is -0.0837. The van der Waals surface area contributed by atoms with Crippen molar-refractivity contribution in [3.05, 3.63) is 36.5 Å². The number of carbonyl (C=O) groups excluding carboxylic acids is 1. The van der Waals surface area contributed by atoms with Gasteiger partial charge < -0.3 is 4.84 Å². The second-order valence-corrected chi connectivity index (χ2v) is 3.30. The number of rotatable bonds is 0. The molecule has 1 fully saturated rings. The molecule has 0 N–H and O–H groups in total. The molecule has 1 aliphatic heterocycles. The molecule has 74 valence electrons. The summed E-state index contributed by atoms with van der Waals surface area (Å²) in [6.45, 7) is 0. The normalized spacial score (nSPS) is 24.4. The molecule has 4 nitrogen and oxygen atoms in total. The van der Waals surface area contributed by atoms with Gasteiger partial charge in [-0.25, -0.2) is 4.79 Å². The fraction of sp³-hybridized carbons (Fsp3) is 0.300. The van der Waals surface area contributed by atoms with E-state index in [-0.39, 0.29) is 6.09 Å². The molecule has 1 spiro atoms. The predicted octanol–water partition coefficient (Wildman–Crippen LogP) is 1.29. The van der Waals surface area contributed by atoms with Crippen LogP contribution in [0.15, 0.2) is 36.5 Å². The number of amides is 1. The highest BCUT2D eigenvalue weighted by atomic mass is 16.7. The summed E-state index contributed by atoms with van der Waals surface area (Å²) < 4.78 is 0. The van der Waals surface area contributed by atoms with Crippen LogP contribution in [0.1, 0.15) is 0 Å². The summed E-state index contributed by atoms with van der Waals surface area (Å²) in [6, 6.07) is 0. The molecule has 1 saturated heterocycles. The van der Waals surface area contributed by atoms with Crippen LogP contribution in [0.5, 0.6) is 0 Å².